The van der Waals surface area contributed by atoms with Crippen LogP contribution in [0.1, 0.15) is 17.2 Å². The number of pyridine rings is 1. The van der Waals surface area contributed by atoms with Crippen LogP contribution < -0.4 is 4.90 Å². The van der Waals surface area contributed by atoms with Gasteiger partial charge in [-0.3, -0.25) is 4.98 Å². The molecule has 2 aromatic heterocycles. The summed E-state index contributed by atoms with van der Waals surface area (Å²) in [6, 6.07) is 9.60. The van der Waals surface area contributed by atoms with E-state index in [0.717, 1.165) is 23.1 Å². The van der Waals surface area contributed by atoms with Gasteiger partial charge in [0.2, 0.25) is 0 Å². The van der Waals surface area contributed by atoms with E-state index in [1.54, 1.807) is 12.4 Å². The van der Waals surface area contributed by atoms with Crippen LogP contribution in [0.3, 0.4) is 0 Å². The first-order chi connectivity index (χ1) is 10.2. The second kappa shape index (κ2) is 5.40. The highest BCUT2D eigenvalue weighted by Crippen LogP contribution is 2.28. The zero-order valence-electron chi connectivity index (χ0n) is 12.1. The van der Waals surface area contributed by atoms with Crippen molar-refractivity contribution in [2.45, 2.75) is 13.0 Å². The number of aryl methyl sites for hydroxylation is 1. The number of carbonyl (C=O) groups excluding carboxylic acids is 1. The fourth-order valence-corrected chi connectivity index (χ4v) is 2.58. The number of likely N-dealkylation sites (N-methyl/N-ethyl adjacent to an activating group) is 1. The summed E-state index contributed by atoms with van der Waals surface area (Å²) >= 11 is 0. The molecule has 0 amide bonds. The molecule has 0 aliphatic rings. The molecular weight excluding hydrogens is 262 g/mol. The van der Waals surface area contributed by atoms with Gasteiger partial charge in [-0.2, -0.15) is 0 Å². The number of H-pyrrole nitrogens is 1. The third kappa shape index (κ3) is 2.40. The molecule has 0 spiro atoms. The van der Waals surface area contributed by atoms with Gasteiger partial charge in [0.1, 0.15) is 12.3 Å². The summed E-state index contributed by atoms with van der Waals surface area (Å²) < 4.78 is 0. The minimum absolute atomic E-state index is 0.341. The summed E-state index contributed by atoms with van der Waals surface area (Å²) in [5.41, 5.74) is 4.18. The van der Waals surface area contributed by atoms with Gasteiger partial charge in [-0.1, -0.05) is 12.1 Å². The van der Waals surface area contributed by atoms with Crippen LogP contribution in [0, 0.1) is 6.92 Å². The number of aromatic amines is 1. The second-order valence-electron chi connectivity index (χ2n) is 5.18. The SMILES string of the molecule is Cc1c[nH]c2cc(N(C)C(C=O)c3cccnc3)ccc12. The Balaban J connectivity index is 1.98. The molecule has 4 heteroatoms. The van der Waals surface area contributed by atoms with E-state index < -0.39 is 0 Å². The Hall–Kier alpha value is -2.62. The summed E-state index contributed by atoms with van der Waals surface area (Å²) in [5, 5.41) is 1.20. The molecular formula is C17H17N3O. The average molecular weight is 279 g/mol. The van der Waals surface area contributed by atoms with Crippen LogP contribution in [0.5, 0.6) is 0 Å². The normalized spacial score (nSPS) is 12.3. The Morgan fingerprint density at radius 1 is 1.33 bits per heavy atom. The van der Waals surface area contributed by atoms with Gasteiger partial charge in [0.15, 0.2) is 0 Å². The molecule has 2 heterocycles. The van der Waals surface area contributed by atoms with Crippen molar-refractivity contribution in [1.82, 2.24) is 9.97 Å². The average Bonchev–Trinajstić information content (AvgIpc) is 2.90. The standard InChI is InChI=1S/C17H17N3O/c1-12-9-19-16-8-14(5-6-15(12)16)20(2)17(11-21)13-4-3-7-18-10-13/h3-11,17,19H,1-2H3. The van der Waals surface area contributed by atoms with E-state index in [1.807, 2.05) is 36.3 Å². The molecule has 0 saturated carbocycles. The quantitative estimate of drug-likeness (QED) is 0.746. The number of aldehydes is 1. The fourth-order valence-electron chi connectivity index (χ4n) is 2.58. The number of hydrogen-bond donors (Lipinski definition) is 1. The van der Waals surface area contributed by atoms with Gasteiger partial charge in [-0.15, -0.1) is 0 Å². The molecule has 3 aromatic rings. The van der Waals surface area contributed by atoms with Crippen molar-refractivity contribution in [3.05, 3.63) is 60.0 Å². The number of rotatable bonds is 4. The van der Waals surface area contributed by atoms with Crippen LogP contribution in [0.25, 0.3) is 10.9 Å². The smallest absolute Gasteiger partial charge is 0.147 e. The van der Waals surface area contributed by atoms with E-state index in [2.05, 4.69) is 29.0 Å². The van der Waals surface area contributed by atoms with Crippen molar-refractivity contribution in [1.29, 1.82) is 0 Å². The highest BCUT2D eigenvalue weighted by atomic mass is 16.1. The molecule has 1 aromatic carbocycles. The van der Waals surface area contributed by atoms with Gasteiger partial charge in [-0.05, 0) is 36.2 Å². The molecule has 0 radical (unpaired) electrons. The van der Waals surface area contributed by atoms with E-state index >= 15 is 0 Å². The first-order valence-corrected chi connectivity index (χ1v) is 6.86. The Bertz CT molecular complexity index is 764. The molecule has 0 bridgehead atoms. The van der Waals surface area contributed by atoms with Gasteiger partial charge in [0.05, 0.1) is 0 Å². The Morgan fingerprint density at radius 2 is 2.19 bits per heavy atom. The van der Waals surface area contributed by atoms with Crippen molar-refractivity contribution >= 4 is 22.9 Å². The maximum Gasteiger partial charge on any atom is 0.147 e. The molecule has 1 N–H and O–H groups in total. The Labute approximate surface area is 123 Å². The summed E-state index contributed by atoms with van der Waals surface area (Å²) in [4.78, 5) is 20.8. The number of carbonyl (C=O) groups is 1. The Morgan fingerprint density at radius 3 is 2.90 bits per heavy atom. The van der Waals surface area contributed by atoms with Crippen LogP contribution in [-0.2, 0) is 4.79 Å². The number of aromatic nitrogens is 2. The minimum Gasteiger partial charge on any atom is -0.361 e. The lowest BCUT2D eigenvalue weighted by Gasteiger charge is -2.26. The minimum atomic E-state index is -0.341. The van der Waals surface area contributed by atoms with Crippen molar-refractivity contribution < 1.29 is 4.79 Å². The molecule has 3 rings (SSSR count). The zero-order chi connectivity index (χ0) is 14.8. The first kappa shape index (κ1) is 13.4. The van der Waals surface area contributed by atoms with Crippen molar-refractivity contribution in [2.75, 3.05) is 11.9 Å². The molecule has 106 valence electrons. The topological polar surface area (TPSA) is 49.0 Å². The maximum atomic E-state index is 11.5. The van der Waals surface area contributed by atoms with Crippen LogP contribution >= 0.6 is 0 Å². The zero-order valence-corrected chi connectivity index (χ0v) is 12.1. The summed E-state index contributed by atoms with van der Waals surface area (Å²) in [6.07, 6.45) is 6.37. The van der Waals surface area contributed by atoms with E-state index in [4.69, 9.17) is 0 Å². The molecule has 0 fully saturated rings. The lowest BCUT2D eigenvalue weighted by molar-refractivity contribution is -0.109. The van der Waals surface area contributed by atoms with Gasteiger partial charge in [-0.25, -0.2) is 0 Å². The van der Waals surface area contributed by atoms with Crippen LogP contribution in [0.4, 0.5) is 5.69 Å². The highest BCUT2D eigenvalue weighted by molar-refractivity contribution is 5.86. The number of hydrogen-bond acceptors (Lipinski definition) is 3. The predicted molar refractivity (Wildman–Crippen MR) is 84.5 cm³/mol. The van der Waals surface area contributed by atoms with Crippen LogP contribution in [0.2, 0.25) is 0 Å². The summed E-state index contributed by atoms with van der Waals surface area (Å²) in [6.45, 7) is 2.08. The lowest BCUT2D eigenvalue weighted by atomic mass is 10.1. The third-order valence-corrected chi connectivity index (χ3v) is 3.85. The fraction of sp³-hybridized carbons (Fsp3) is 0.176. The number of nitrogens with zero attached hydrogens (tertiary/aromatic N) is 2. The van der Waals surface area contributed by atoms with Gasteiger partial charge >= 0.3 is 0 Å². The molecule has 4 nitrogen and oxygen atoms in total. The van der Waals surface area contributed by atoms with Crippen molar-refractivity contribution in [2.24, 2.45) is 0 Å². The van der Waals surface area contributed by atoms with Crippen molar-refractivity contribution in [3.8, 4) is 0 Å². The number of nitrogens with one attached hydrogen (secondary N) is 1. The van der Waals surface area contributed by atoms with E-state index in [0.29, 0.717) is 0 Å². The molecule has 0 aliphatic carbocycles. The second-order valence-corrected chi connectivity index (χ2v) is 5.18. The van der Waals surface area contributed by atoms with Crippen molar-refractivity contribution in [3.63, 3.8) is 0 Å². The lowest BCUT2D eigenvalue weighted by Crippen LogP contribution is -2.25. The highest BCUT2D eigenvalue weighted by Gasteiger charge is 2.17. The van der Waals surface area contributed by atoms with Gasteiger partial charge in [0, 0.05) is 42.2 Å². The summed E-state index contributed by atoms with van der Waals surface area (Å²) in [7, 11) is 1.92. The Kier molecular flexibility index (Phi) is 3.44. The number of benzene rings is 1. The predicted octanol–water partition coefficient (Wildman–Crippen LogP) is 3.25. The van der Waals surface area contributed by atoms with Crippen LogP contribution in [-0.4, -0.2) is 23.3 Å². The molecule has 0 saturated heterocycles. The largest absolute Gasteiger partial charge is 0.361 e. The molecule has 1 atom stereocenters. The van der Waals surface area contributed by atoms with Gasteiger partial charge in [0.25, 0.3) is 0 Å². The first-order valence-electron chi connectivity index (χ1n) is 6.86. The van der Waals surface area contributed by atoms with E-state index in [1.165, 1.54) is 10.9 Å². The van der Waals surface area contributed by atoms with Gasteiger partial charge < -0.3 is 14.7 Å². The molecule has 21 heavy (non-hydrogen) atoms. The van der Waals surface area contributed by atoms with E-state index in [-0.39, 0.29) is 6.04 Å². The summed E-state index contributed by atoms with van der Waals surface area (Å²) in [5.74, 6) is 0. The number of fused-ring (bicyclic) bond motifs is 1. The molecule has 0 aliphatic heterocycles. The number of anilines is 1. The molecule has 1 unspecified atom stereocenters. The maximum absolute atomic E-state index is 11.5. The monoisotopic (exact) mass is 279 g/mol. The van der Waals surface area contributed by atoms with Crippen LogP contribution in [0.15, 0.2) is 48.9 Å². The third-order valence-electron chi connectivity index (χ3n) is 3.85. The van der Waals surface area contributed by atoms with E-state index in [9.17, 15) is 4.79 Å².